The molecule has 170 valence electrons. The minimum atomic E-state index is 0.275. The molecule has 0 radical (unpaired) electrons. The van der Waals surface area contributed by atoms with Gasteiger partial charge in [0, 0.05) is 4.90 Å². The number of unbranched alkanes of at least 4 members (excludes halogenated alkanes) is 2. The smallest absolute Gasteiger partial charge is 0.00693 e. The van der Waals surface area contributed by atoms with Gasteiger partial charge in [0.05, 0.1) is 0 Å². The number of thioether (sulfide) groups is 1. The average molecular weight is 421 g/mol. The first-order valence-corrected chi connectivity index (χ1v) is 13.2. The van der Waals surface area contributed by atoms with Gasteiger partial charge in [0.2, 0.25) is 0 Å². The molecule has 2 rings (SSSR count). The van der Waals surface area contributed by atoms with Gasteiger partial charge in [-0.2, -0.15) is 0 Å². The Balaban J connectivity index is 0. The zero-order valence-corrected chi connectivity index (χ0v) is 22.2. The Hall–Kier alpha value is -0.690. The molecule has 1 aromatic carbocycles. The first-order valence-electron chi connectivity index (χ1n) is 11.9. The molecule has 29 heavy (non-hydrogen) atoms. The molecule has 1 heteroatoms. The summed E-state index contributed by atoms with van der Waals surface area (Å²) >= 11 is 1.79. The molecule has 1 aromatic rings. The monoisotopic (exact) mass is 420 g/mol. The number of hydrogen-bond donors (Lipinski definition) is 0. The number of rotatable bonds is 5. The van der Waals surface area contributed by atoms with E-state index in [0.29, 0.717) is 0 Å². The zero-order valence-electron chi connectivity index (χ0n) is 21.4. The Bertz CT molecular complexity index is 464. The van der Waals surface area contributed by atoms with E-state index in [4.69, 9.17) is 0 Å². The van der Waals surface area contributed by atoms with E-state index in [1.165, 1.54) is 73.8 Å². The second kappa shape index (κ2) is 19.3. The van der Waals surface area contributed by atoms with Crippen molar-refractivity contribution in [3.05, 3.63) is 42.0 Å². The summed E-state index contributed by atoms with van der Waals surface area (Å²) in [6, 6.07) is 8.80. The van der Waals surface area contributed by atoms with E-state index in [0.717, 1.165) is 5.92 Å². The Morgan fingerprint density at radius 2 is 1.31 bits per heavy atom. The number of allylic oxidation sites excluding steroid dienone is 1. The normalized spacial score (nSPS) is 13.3. The summed E-state index contributed by atoms with van der Waals surface area (Å²) in [6.07, 6.45) is 14.5. The molecule has 1 saturated carbocycles. The van der Waals surface area contributed by atoms with E-state index in [2.05, 4.69) is 92.5 Å². The Kier molecular flexibility index (Phi) is 20.3. The predicted molar refractivity (Wildman–Crippen MR) is 139 cm³/mol. The SMILES string of the molecule is C=C(C)CC1CCCC1.CCCC.CCCC.CSc1ccc(C(C)(C)C)cc1. The lowest BCUT2D eigenvalue weighted by Crippen LogP contribution is -2.10. The standard InChI is InChI=1S/C11H16S.C9H16.2C4H10/c1-11(2,3)9-5-7-10(12-4)8-6-9;1-8(2)7-9-5-3-4-6-9;2*1-3-4-2/h5-8H,1-4H3;9H,1,3-7H2,2H3;2*3-4H2,1-2H3. The van der Waals surface area contributed by atoms with Crippen molar-refractivity contribution in [1.82, 2.24) is 0 Å². The molecule has 1 aliphatic rings. The van der Waals surface area contributed by atoms with Crippen LogP contribution in [0.15, 0.2) is 41.3 Å². The third-order valence-electron chi connectivity index (χ3n) is 5.07. The maximum atomic E-state index is 3.92. The molecule has 0 atom stereocenters. The minimum Gasteiger partial charge on any atom is -0.130 e. The highest BCUT2D eigenvalue weighted by molar-refractivity contribution is 7.98. The molecule has 0 spiro atoms. The van der Waals surface area contributed by atoms with Crippen LogP contribution in [-0.2, 0) is 5.41 Å². The summed E-state index contributed by atoms with van der Waals surface area (Å²) in [6.45, 7) is 21.5. The van der Waals surface area contributed by atoms with Crippen LogP contribution < -0.4 is 0 Å². The Morgan fingerprint density at radius 3 is 1.59 bits per heavy atom. The number of benzene rings is 1. The van der Waals surface area contributed by atoms with Crippen LogP contribution in [0, 0.1) is 5.92 Å². The van der Waals surface area contributed by atoms with Crippen molar-refractivity contribution in [3.63, 3.8) is 0 Å². The van der Waals surface area contributed by atoms with E-state index in [9.17, 15) is 0 Å². The van der Waals surface area contributed by atoms with Gasteiger partial charge in [0.25, 0.3) is 0 Å². The third kappa shape index (κ3) is 19.0. The summed E-state index contributed by atoms with van der Waals surface area (Å²) in [5.41, 5.74) is 3.04. The van der Waals surface area contributed by atoms with Gasteiger partial charge in [0.1, 0.15) is 0 Å². The maximum Gasteiger partial charge on any atom is 0.00693 e. The van der Waals surface area contributed by atoms with Gasteiger partial charge >= 0.3 is 0 Å². The molecule has 0 aromatic heterocycles. The van der Waals surface area contributed by atoms with Gasteiger partial charge in [-0.15, -0.1) is 18.3 Å². The summed E-state index contributed by atoms with van der Waals surface area (Å²) < 4.78 is 0. The molecule has 1 aliphatic carbocycles. The van der Waals surface area contributed by atoms with Gasteiger partial charge < -0.3 is 0 Å². The van der Waals surface area contributed by atoms with Crippen molar-refractivity contribution in [2.75, 3.05) is 6.26 Å². The molecule has 0 amide bonds. The van der Waals surface area contributed by atoms with Crippen LogP contribution in [0.3, 0.4) is 0 Å². The second-order valence-electron chi connectivity index (χ2n) is 9.29. The fraction of sp³-hybridized carbons (Fsp3) is 0.714. The van der Waals surface area contributed by atoms with Gasteiger partial charge in [-0.1, -0.05) is 118 Å². The molecule has 0 bridgehead atoms. The first-order chi connectivity index (χ1) is 13.7. The molecule has 0 heterocycles. The van der Waals surface area contributed by atoms with E-state index in [-0.39, 0.29) is 5.41 Å². The quantitative estimate of drug-likeness (QED) is 0.337. The molecule has 0 unspecified atom stereocenters. The zero-order chi connectivity index (χ0) is 22.7. The second-order valence-corrected chi connectivity index (χ2v) is 10.2. The van der Waals surface area contributed by atoms with Crippen molar-refractivity contribution in [1.29, 1.82) is 0 Å². The van der Waals surface area contributed by atoms with Crippen LogP contribution in [0.1, 0.15) is 119 Å². The van der Waals surface area contributed by atoms with Gasteiger partial charge in [-0.3, -0.25) is 0 Å². The maximum absolute atomic E-state index is 3.92. The largest absolute Gasteiger partial charge is 0.130 e. The first kappa shape index (κ1) is 30.5. The Morgan fingerprint density at radius 1 is 0.897 bits per heavy atom. The molecule has 0 N–H and O–H groups in total. The number of hydrogen-bond acceptors (Lipinski definition) is 1. The lowest BCUT2D eigenvalue weighted by molar-refractivity contribution is 0.544. The molecule has 0 saturated heterocycles. The van der Waals surface area contributed by atoms with Crippen LogP contribution >= 0.6 is 11.8 Å². The van der Waals surface area contributed by atoms with Crippen molar-refractivity contribution >= 4 is 11.8 Å². The summed E-state index contributed by atoms with van der Waals surface area (Å²) in [5, 5.41) is 0. The van der Waals surface area contributed by atoms with E-state index >= 15 is 0 Å². The van der Waals surface area contributed by atoms with E-state index < -0.39 is 0 Å². The highest BCUT2D eigenvalue weighted by Gasteiger charge is 2.14. The van der Waals surface area contributed by atoms with Crippen LogP contribution in [0.4, 0.5) is 0 Å². The lowest BCUT2D eigenvalue weighted by Gasteiger charge is -2.18. The van der Waals surface area contributed by atoms with Crippen LogP contribution in [-0.4, -0.2) is 6.26 Å². The molecular weight excluding hydrogens is 368 g/mol. The summed E-state index contributed by atoms with van der Waals surface area (Å²) in [7, 11) is 0. The summed E-state index contributed by atoms with van der Waals surface area (Å²) in [4.78, 5) is 1.34. The molecule has 0 nitrogen and oxygen atoms in total. The molecule has 0 aliphatic heterocycles. The third-order valence-corrected chi connectivity index (χ3v) is 5.81. The average Bonchev–Trinajstić information content (AvgIpc) is 3.20. The fourth-order valence-corrected chi connectivity index (χ4v) is 3.21. The van der Waals surface area contributed by atoms with Crippen molar-refractivity contribution in [2.45, 2.75) is 123 Å². The summed E-state index contributed by atoms with van der Waals surface area (Å²) in [5.74, 6) is 0.988. The topological polar surface area (TPSA) is 0 Å². The minimum absolute atomic E-state index is 0.275. The molecular formula is C28H52S. The van der Waals surface area contributed by atoms with Gasteiger partial charge in [-0.05, 0) is 48.6 Å². The van der Waals surface area contributed by atoms with E-state index in [1.54, 1.807) is 11.8 Å². The highest BCUT2D eigenvalue weighted by Crippen LogP contribution is 2.29. The van der Waals surface area contributed by atoms with Crippen LogP contribution in [0.2, 0.25) is 0 Å². The predicted octanol–water partition coefficient (Wildman–Crippen LogP) is 10.5. The fourth-order valence-electron chi connectivity index (χ4n) is 2.80. The van der Waals surface area contributed by atoms with Gasteiger partial charge in [0.15, 0.2) is 0 Å². The van der Waals surface area contributed by atoms with Gasteiger partial charge in [-0.25, -0.2) is 0 Å². The van der Waals surface area contributed by atoms with Crippen LogP contribution in [0.25, 0.3) is 0 Å². The highest BCUT2D eigenvalue weighted by atomic mass is 32.2. The van der Waals surface area contributed by atoms with E-state index in [1.807, 2.05) is 0 Å². The Labute approximate surface area is 189 Å². The lowest BCUT2D eigenvalue weighted by atomic mass is 9.87. The van der Waals surface area contributed by atoms with Crippen molar-refractivity contribution < 1.29 is 0 Å². The van der Waals surface area contributed by atoms with Crippen LogP contribution in [0.5, 0.6) is 0 Å². The molecule has 1 fully saturated rings. The van der Waals surface area contributed by atoms with Crippen molar-refractivity contribution in [2.24, 2.45) is 5.92 Å². The van der Waals surface area contributed by atoms with Crippen molar-refractivity contribution in [3.8, 4) is 0 Å².